The van der Waals surface area contributed by atoms with Gasteiger partial charge in [0.05, 0.1) is 27.9 Å². The predicted octanol–water partition coefficient (Wildman–Crippen LogP) is 2.08. The van der Waals surface area contributed by atoms with E-state index in [1.54, 1.807) is 48.5 Å². The summed E-state index contributed by atoms with van der Waals surface area (Å²) in [7, 11) is 4.25. The van der Waals surface area contributed by atoms with Crippen LogP contribution in [0.1, 0.15) is 24.3 Å². The number of carboxylic acid groups (broad SMARTS) is 1. The number of esters is 1. The minimum Gasteiger partial charge on any atom is -0.496 e. The van der Waals surface area contributed by atoms with Crippen LogP contribution in [0.3, 0.4) is 0 Å². The van der Waals surface area contributed by atoms with Crippen LogP contribution in [0.5, 0.6) is 17.2 Å². The topological polar surface area (TPSA) is 157 Å². The lowest BCUT2D eigenvalue weighted by atomic mass is 9.95. The molecular formula is C29H33NO12. The lowest BCUT2D eigenvalue weighted by Crippen LogP contribution is -2.68. The number of amides is 1. The lowest BCUT2D eigenvalue weighted by Gasteiger charge is -2.49. The van der Waals surface area contributed by atoms with E-state index in [4.69, 9.17) is 33.2 Å². The molecule has 2 N–H and O–H groups in total. The summed E-state index contributed by atoms with van der Waals surface area (Å²) in [6, 6.07) is 11.1. The molecule has 0 saturated carbocycles. The molecule has 42 heavy (non-hydrogen) atoms. The fourth-order valence-corrected chi connectivity index (χ4v) is 4.69. The Labute approximate surface area is 242 Å². The van der Waals surface area contributed by atoms with E-state index in [9.17, 15) is 19.5 Å². The Morgan fingerprint density at radius 2 is 1.79 bits per heavy atom. The largest absolute Gasteiger partial charge is 0.496 e. The summed E-state index contributed by atoms with van der Waals surface area (Å²) in [5.41, 5.74) is 1.25. The van der Waals surface area contributed by atoms with E-state index in [0.29, 0.717) is 22.6 Å². The molecule has 2 aromatic carbocycles. The number of nitrogens with one attached hydrogen (secondary N) is 1. The number of rotatable bonds is 11. The first-order valence-corrected chi connectivity index (χ1v) is 13.0. The van der Waals surface area contributed by atoms with Crippen molar-refractivity contribution >= 4 is 23.9 Å². The molecule has 226 valence electrons. The molecule has 2 heterocycles. The normalized spacial score (nSPS) is 25.2. The minimum atomic E-state index is -1.21. The molecule has 2 saturated heterocycles. The molecule has 0 radical (unpaired) electrons. The lowest BCUT2D eigenvalue weighted by molar-refractivity contribution is -0.338. The Bertz CT molecular complexity index is 1300. The molecule has 0 aromatic heterocycles. The Morgan fingerprint density at radius 3 is 2.48 bits per heavy atom. The molecule has 13 heteroatoms. The highest BCUT2D eigenvalue weighted by atomic mass is 16.8. The van der Waals surface area contributed by atoms with Crippen molar-refractivity contribution < 1.29 is 57.4 Å². The zero-order chi connectivity index (χ0) is 30.2. The molecule has 13 nitrogen and oxygen atoms in total. The van der Waals surface area contributed by atoms with Crippen LogP contribution in [0.4, 0.5) is 0 Å². The summed E-state index contributed by atoms with van der Waals surface area (Å²) in [6.07, 6.45) is -1.83. The Balaban J connectivity index is 1.64. The average molecular weight is 588 g/mol. The van der Waals surface area contributed by atoms with E-state index in [1.807, 2.05) is 0 Å². The number of methoxy groups -OCH3 is 3. The number of carbonyl (C=O) groups excluding carboxylic acids is 2. The van der Waals surface area contributed by atoms with Crippen molar-refractivity contribution in [1.29, 1.82) is 0 Å². The first kappa shape index (κ1) is 30.8. The van der Waals surface area contributed by atoms with Gasteiger partial charge in [0.25, 0.3) is 0 Å². The predicted molar refractivity (Wildman–Crippen MR) is 145 cm³/mol. The fraction of sp³-hybridized carbons (Fsp3) is 0.414. The highest BCUT2D eigenvalue weighted by Gasteiger charge is 2.52. The van der Waals surface area contributed by atoms with E-state index < -0.39 is 61.4 Å². The number of hydrogen-bond donors (Lipinski definition) is 2. The van der Waals surface area contributed by atoms with E-state index in [-0.39, 0.29) is 12.4 Å². The first-order valence-electron chi connectivity index (χ1n) is 13.0. The SMILES string of the molecule is COC(=O)C=Cc1ccc(OC2OC3COC(c4ccccc4OC)OC3C(OCC(=O)O)C2NC(C)=O)c(OC)c1. The van der Waals surface area contributed by atoms with Gasteiger partial charge in [-0.3, -0.25) is 4.79 Å². The second kappa shape index (κ2) is 14.1. The number of fused-ring (bicyclic) bond motifs is 1. The van der Waals surface area contributed by atoms with Gasteiger partial charge in [-0.2, -0.15) is 0 Å². The highest BCUT2D eigenvalue weighted by Crippen LogP contribution is 2.39. The van der Waals surface area contributed by atoms with Crippen LogP contribution in [0, 0.1) is 0 Å². The second-order valence-corrected chi connectivity index (χ2v) is 9.33. The van der Waals surface area contributed by atoms with Gasteiger partial charge in [-0.05, 0) is 29.8 Å². The van der Waals surface area contributed by atoms with E-state index in [2.05, 4.69) is 10.1 Å². The van der Waals surface area contributed by atoms with Gasteiger partial charge in [-0.25, -0.2) is 9.59 Å². The van der Waals surface area contributed by atoms with Crippen LogP contribution in [0.25, 0.3) is 6.08 Å². The molecule has 2 fully saturated rings. The van der Waals surface area contributed by atoms with E-state index in [1.165, 1.54) is 34.3 Å². The molecule has 6 unspecified atom stereocenters. The molecule has 1 amide bonds. The van der Waals surface area contributed by atoms with Crippen molar-refractivity contribution in [2.45, 2.75) is 43.9 Å². The summed E-state index contributed by atoms with van der Waals surface area (Å²) in [6.45, 7) is 0.690. The van der Waals surface area contributed by atoms with Gasteiger partial charge in [0, 0.05) is 18.6 Å². The summed E-state index contributed by atoms with van der Waals surface area (Å²) in [5, 5.41) is 12.2. The van der Waals surface area contributed by atoms with Crippen LogP contribution >= 0.6 is 0 Å². The van der Waals surface area contributed by atoms with Crippen LogP contribution in [0.15, 0.2) is 48.5 Å². The smallest absolute Gasteiger partial charge is 0.330 e. The standard InChI is InChI=1S/C29H33NO12/c1-16(31)30-25-27(38-15-23(32)33)26-22(14-39-28(42-26)18-7-5-6-8-19(18)35-2)41-29(25)40-20-11-9-17(13-21(20)36-3)10-12-24(34)37-4/h5-13,22,25-29H,14-15H2,1-4H3,(H,30,31)(H,32,33). The molecule has 2 aliphatic heterocycles. The zero-order valence-electron chi connectivity index (χ0n) is 23.5. The van der Waals surface area contributed by atoms with E-state index >= 15 is 0 Å². The fourth-order valence-electron chi connectivity index (χ4n) is 4.69. The Kier molecular flexibility index (Phi) is 10.4. The number of ether oxygens (including phenoxy) is 8. The number of carbonyl (C=O) groups is 3. The van der Waals surface area contributed by atoms with Crippen molar-refractivity contribution in [2.75, 3.05) is 34.5 Å². The van der Waals surface area contributed by atoms with Crippen molar-refractivity contribution in [3.63, 3.8) is 0 Å². The van der Waals surface area contributed by atoms with Gasteiger partial charge in [-0.15, -0.1) is 0 Å². The average Bonchev–Trinajstić information content (AvgIpc) is 2.99. The van der Waals surface area contributed by atoms with Gasteiger partial charge in [0.15, 0.2) is 17.8 Å². The van der Waals surface area contributed by atoms with Crippen LogP contribution < -0.4 is 19.5 Å². The molecule has 2 aromatic rings. The maximum absolute atomic E-state index is 12.3. The summed E-state index contributed by atoms with van der Waals surface area (Å²) in [4.78, 5) is 35.3. The van der Waals surface area contributed by atoms with Crippen LogP contribution in [-0.4, -0.2) is 88.1 Å². The summed E-state index contributed by atoms with van der Waals surface area (Å²) in [5.74, 6) is -1.05. The number of para-hydroxylation sites is 1. The zero-order valence-corrected chi connectivity index (χ0v) is 23.5. The third kappa shape index (κ3) is 7.36. The monoisotopic (exact) mass is 587 g/mol. The highest BCUT2D eigenvalue weighted by molar-refractivity contribution is 5.87. The molecule has 2 aliphatic rings. The Hall–Kier alpha value is -4.17. The van der Waals surface area contributed by atoms with Gasteiger partial charge in [0.1, 0.15) is 36.7 Å². The minimum absolute atomic E-state index is 0.0430. The molecule has 6 atom stereocenters. The van der Waals surface area contributed by atoms with Gasteiger partial charge < -0.3 is 48.3 Å². The van der Waals surface area contributed by atoms with Gasteiger partial charge in [0.2, 0.25) is 12.2 Å². The Morgan fingerprint density at radius 1 is 1.02 bits per heavy atom. The number of hydrogen-bond acceptors (Lipinski definition) is 11. The molecular weight excluding hydrogens is 554 g/mol. The van der Waals surface area contributed by atoms with Crippen molar-refractivity contribution in [3.05, 3.63) is 59.7 Å². The maximum atomic E-state index is 12.3. The van der Waals surface area contributed by atoms with Crippen LogP contribution in [0.2, 0.25) is 0 Å². The van der Waals surface area contributed by atoms with Gasteiger partial charge >= 0.3 is 11.9 Å². The number of carboxylic acids is 1. The quantitative estimate of drug-likeness (QED) is 0.292. The molecule has 0 spiro atoms. The third-order valence-electron chi connectivity index (χ3n) is 6.54. The third-order valence-corrected chi connectivity index (χ3v) is 6.54. The number of aliphatic carboxylic acids is 1. The van der Waals surface area contributed by atoms with Crippen molar-refractivity contribution in [3.8, 4) is 17.2 Å². The van der Waals surface area contributed by atoms with E-state index in [0.717, 1.165) is 0 Å². The van der Waals surface area contributed by atoms with Gasteiger partial charge in [-0.1, -0.05) is 24.3 Å². The van der Waals surface area contributed by atoms with Crippen LogP contribution in [-0.2, 0) is 38.1 Å². The number of benzene rings is 2. The second-order valence-electron chi connectivity index (χ2n) is 9.33. The van der Waals surface area contributed by atoms with Crippen molar-refractivity contribution in [2.24, 2.45) is 0 Å². The van der Waals surface area contributed by atoms with Crippen molar-refractivity contribution in [1.82, 2.24) is 5.32 Å². The molecule has 4 rings (SSSR count). The first-order chi connectivity index (χ1) is 20.2. The molecule has 0 bridgehead atoms. The summed E-state index contributed by atoms with van der Waals surface area (Å²) < 4.78 is 46.0. The molecule has 0 aliphatic carbocycles. The maximum Gasteiger partial charge on any atom is 0.330 e. The summed E-state index contributed by atoms with van der Waals surface area (Å²) >= 11 is 0.